The van der Waals surface area contributed by atoms with Crippen molar-refractivity contribution in [2.75, 3.05) is 5.32 Å². The summed E-state index contributed by atoms with van der Waals surface area (Å²) in [5.41, 5.74) is 1.67. The third-order valence-electron chi connectivity index (χ3n) is 4.30. The summed E-state index contributed by atoms with van der Waals surface area (Å²) in [6.07, 6.45) is 8.55. The molecule has 0 saturated carbocycles. The molecule has 0 spiro atoms. The second-order valence-corrected chi connectivity index (χ2v) is 7.57. The Kier molecular flexibility index (Phi) is 5.54. The maximum atomic E-state index is 12.6. The van der Waals surface area contributed by atoms with Crippen LogP contribution in [0, 0.1) is 5.41 Å². The zero-order chi connectivity index (χ0) is 19.3. The largest absolute Gasteiger partial charge is 0.335 e. The SMILES string of the molecule is CC(C)(C)C(Cn1ccnc1)NC(=O)Nc1cccc(Cn2cncn2)c1. The lowest BCUT2D eigenvalue weighted by Gasteiger charge is -2.31. The minimum Gasteiger partial charge on any atom is -0.335 e. The average Bonchev–Trinajstić information content (AvgIpc) is 3.27. The molecule has 2 N–H and O–H groups in total. The number of urea groups is 1. The number of carbonyl (C=O) groups is 1. The standard InChI is InChI=1S/C19H25N7O/c1-19(2,3)17(11-25-8-7-20-13-25)24-18(27)23-16-6-4-5-15(9-16)10-26-14-21-12-22-26/h4-9,12-14,17H,10-11H2,1-3H3,(H2,23,24,27). The molecule has 142 valence electrons. The van der Waals surface area contributed by atoms with E-state index in [2.05, 4.69) is 46.5 Å². The lowest BCUT2D eigenvalue weighted by atomic mass is 9.86. The first-order valence-electron chi connectivity index (χ1n) is 8.85. The van der Waals surface area contributed by atoms with Crippen molar-refractivity contribution in [2.24, 2.45) is 5.41 Å². The number of aromatic nitrogens is 5. The third-order valence-corrected chi connectivity index (χ3v) is 4.30. The zero-order valence-electron chi connectivity index (χ0n) is 15.8. The van der Waals surface area contributed by atoms with Crippen molar-refractivity contribution in [1.82, 2.24) is 29.6 Å². The Balaban J connectivity index is 1.63. The van der Waals surface area contributed by atoms with E-state index in [4.69, 9.17) is 0 Å². The lowest BCUT2D eigenvalue weighted by molar-refractivity contribution is 0.219. The summed E-state index contributed by atoms with van der Waals surface area (Å²) in [4.78, 5) is 20.6. The van der Waals surface area contributed by atoms with Crippen molar-refractivity contribution < 1.29 is 4.79 Å². The van der Waals surface area contributed by atoms with E-state index in [1.54, 1.807) is 23.5 Å². The summed E-state index contributed by atoms with van der Waals surface area (Å²) < 4.78 is 3.70. The average molecular weight is 367 g/mol. The van der Waals surface area contributed by atoms with Crippen LogP contribution in [0.15, 0.2) is 55.6 Å². The molecule has 0 fully saturated rings. The van der Waals surface area contributed by atoms with Crippen LogP contribution in [0.4, 0.5) is 10.5 Å². The van der Waals surface area contributed by atoms with E-state index in [0.29, 0.717) is 13.1 Å². The molecule has 2 aromatic heterocycles. The molecule has 3 aromatic rings. The van der Waals surface area contributed by atoms with E-state index >= 15 is 0 Å². The van der Waals surface area contributed by atoms with E-state index in [-0.39, 0.29) is 17.5 Å². The first-order chi connectivity index (χ1) is 12.9. The van der Waals surface area contributed by atoms with Gasteiger partial charge in [0.1, 0.15) is 12.7 Å². The maximum absolute atomic E-state index is 12.6. The smallest absolute Gasteiger partial charge is 0.319 e. The van der Waals surface area contributed by atoms with Crippen LogP contribution in [0.5, 0.6) is 0 Å². The summed E-state index contributed by atoms with van der Waals surface area (Å²) in [5, 5.41) is 10.1. The van der Waals surface area contributed by atoms with Gasteiger partial charge in [-0.05, 0) is 23.1 Å². The number of rotatable bonds is 6. The van der Waals surface area contributed by atoms with Gasteiger partial charge in [-0.1, -0.05) is 32.9 Å². The van der Waals surface area contributed by atoms with Gasteiger partial charge in [-0.25, -0.2) is 19.4 Å². The van der Waals surface area contributed by atoms with E-state index in [1.165, 1.54) is 6.33 Å². The molecule has 0 saturated heterocycles. The molecule has 0 aliphatic rings. The van der Waals surface area contributed by atoms with Gasteiger partial charge >= 0.3 is 6.03 Å². The number of hydrogen-bond donors (Lipinski definition) is 2. The third kappa shape index (κ3) is 5.40. The fourth-order valence-corrected chi connectivity index (χ4v) is 2.72. The molecule has 1 atom stereocenters. The summed E-state index contributed by atoms with van der Waals surface area (Å²) in [6, 6.07) is 7.42. The van der Waals surface area contributed by atoms with E-state index < -0.39 is 0 Å². The molecule has 0 radical (unpaired) electrons. The van der Waals surface area contributed by atoms with E-state index in [0.717, 1.165) is 11.3 Å². The molecule has 1 unspecified atom stereocenters. The van der Waals surface area contributed by atoms with Crippen molar-refractivity contribution in [3.8, 4) is 0 Å². The summed E-state index contributed by atoms with van der Waals surface area (Å²) in [6.45, 7) is 7.57. The molecule has 0 bridgehead atoms. The molecular formula is C19H25N7O. The van der Waals surface area contributed by atoms with Gasteiger partial charge in [0, 0.05) is 24.6 Å². The van der Waals surface area contributed by atoms with Crippen LogP contribution >= 0.6 is 0 Å². The maximum Gasteiger partial charge on any atom is 0.319 e. The number of benzene rings is 1. The first kappa shape index (κ1) is 18.6. The van der Waals surface area contributed by atoms with Crippen molar-refractivity contribution in [3.63, 3.8) is 0 Å². The Morgan fingerprint density at radius 3 is 2.74 bits per heavy atom. The Bertz CT molecular complexity index is 851. The molecule has 8 heteroatoms. The molecule has 27 heavy (non-hydrogen) atoms. The van der Waals surface area contributed by atoms with Crippen molar-refractivity contribution >= 4 is 11.7 Å². The Labute approximate surface area is 158 Å². The number of imidazole rings is 1. The molecule has 2 heterocycles. The second-order valence-electron chi connectivity index (χ2n) is 7.57. The van der Waals surface area contributed by atoms with E-state index in [9.17, 15) is 4.79 Å². The van der Waals surface area contributed by atoms with Crippen LogP contribution in [-0.2, 0) is 13.1 Å². The number of nitrogens with zero attached hydrogens (tertiary/aromatic N) is 5. The number of amides is 2. The summed E-state index contributed by atoms with van der Waals surface area (Å²) >= 11 is 0. The number of anilines is 1. The molecule has 0 aliphatic heterocycles. The molecule has 1 aromatic carbocycles. The van der Waals surface area contributed by atoms with E-state index in [1.807, 2.05) is 35.0 Å². The highest BCUT2D eigenvalue weighted by Gasteiger charge is 2.26. The monoisotopic (exact) mass is 367 g/mol. The highest BCUT2D eigenvalue weighted by molar-refractivity contribution is 5.89. The van der Waals surface area contributed by atoms with Gasteiger partial charge in [-0.15, -0.1) is 0 Å². The predicted octanol–water partition coefficient (Wildman–Crippen LogP) is 2.76. The van der Waals surface area contributed by atoms with Gasteiger partial charge in [-0.2, -0.15) is 5.10 Å². The first-order valence-corrected chi connectivity index (χ1v) is 8.85. The normalized spacial score (nSPS) is 12.6. The van der Waals surface area contributed by atoms with Crippen LogP contribution in [-0.4, -0.2) is 36.4 Å². The van der Waals surface area contributed by atoms with Crippen LogP contribution in [0.25, 0.3) is 0 Å². The van der Waals surface area contributed by atoms with Crippen molar-refractivity contribution in [1.29, 1.82) is 0 Å². The van der Waals surface area contributed by atoms with Crippen molar-refractivity contribution in [2.45, 2.75) is 39.9 Å². The van der Waals surface area contributed by atoms with Crippen LogP contribution < -0.4 is 10.6 Å². The fraction of sp³-hybridized carbons (Fsp3) is 0.368. The van der Waals surface area contributed by atoms with Crippen LogP contribution in [0.2, 0.25) is 0 Å². The summed E-state index contributed by atoms with van der Waals surface area (Å²) in [7, 11) is 0. The Morgan fingerprint density at radius 2 is 2.07 bits per heavy atom. The van der Waals surface area contributed by atoms with Crippen LogP contribution in [0.1, 0.15) is 26.3 Å². The molecule has 8 nitrogen and oxygen atoms in total. The predicted molar refractivity (Wildman–Crippen MR) is 103 cm³/mol. The lowest BCUT2D eigenvalue weighted by Crippen LogP contribution is -2.47. The number of nitrogens with one attached hydrogen (secondary N) is 2. The topological polar surface area (TPSA) is 89.7 Å². The van der Waals surface area contributed by atoms with Crippen LogP contribution in [0.3, 0.4) is 0 Å². The molecule has 2 amide bonds. The minimum absolute atomic E-state index is 0.0509. The zero-order valence-corrected chi connectivity index (χ0v) is 15.8. The fourth-order valence-electron chi connectivity index (χ4n) is 2.72. The second kappa shape index (κ2) is 8.03. The van der Waals surface area contributed by atoms with Gasteiger partial charge in [0.05, 0.1) is 18.9 Å². The summed E-state index contributed by atoms with van der Waals surface area (Å²) in [5.74, 6) is 0. The Hall–Kier alpha value is -3.16. The van der Waals surface area contributed by atoms with Gasteiger partial charge in [0.2, 0.25) is 0 Å². The van der Waals surface area contributed by atoms with Crippen molar-refractivity contribution in [3.05, 3.63) is 61.2 Å². The molecule has 3 rings (SSSR count). The quantitative estimate of drug-likeness (QED) is 0.701. The van der Waals surface area contributed by atoms with Gasteiger partial charge in [0.25, 0.3) is 0 Å². The highest BCUT2D eigenvalue weighted by Crippen LogP contribution is 2.21. The molecular weight excluding hydrogens is 342 g/mol. The van der Waals surface area contributed by atoms with Gasteiger partial charge in [0.15, 0.2) is 0 Å². The van der Waals surface area contributed by atoms with Gasteiger partial charge < -0.3 is 15.2 Å². The molecule has 0 aliphatic carbocycles. The van der Waals surface area contributed by atoms with Gasteiger partial charge in [-0.3, -0.25) is 0 Å². The minimum atomic E-state index is -0.229. The Morgan fingerprint density at radius 1 is 1.22 bits per heavy atom. The number of hydrogen-bond acceptors (Lipinski definition) is 4. The highest BCUT2D eigenvalue weighted by atomic mass is 16.2. The number of carbonyl (C=O) groups excluding carboxylic acids is 1.